The van der Waals surface area contributed by atoms with Crippen molar-refractivity contribution in [2.24, 2.45) is 0 Å². The summed E-state index contributed by atoms with van der Waals surface area (Å²) in [4.78, 5) is 48.7. The number of halogens is 2. The molecule has 0 bridgehead atoms. The predicted molar refractivity (Wildman–Crippen MR) is 176 cm³/mol. The van der Waals surface area contributed by atoms with E-state index in [2.05, 4.69) is 37.2 Å². The van der Waals surface area contributed by atoms with Crippen LogP contribution in [0.2, 0.25) is 0 Å². The molecule has 3 N–H and O–H groups in total. The maximum atomic E-state index is 12.6. The van der Waals surface area contributed by atoms with Gasteiger partial charge in [0.05, 0.1) is 0 Å². The molecule has 244 valence electrons. The Bertz CT molecular complexity index is 1300. The van der Waals surface area contributed by atoms with E-state index in [0.717, 1.165) is 20.1 Å². The Kier molecular flexibility index (Phi) is 14.4. The molecule has 0 radical (unpaired) electrons. The number of nitrogens with one attached hydrogen (secondary N) is 1. The van der Waals surface area contributed by atoms with E-state index in [1.807, 2.05) is 42.5 Å². The second-order valence-corrected chi connectivity index (χ2v) is 14.9. The number of carbonyl (C=O) groups is 4. The normalized spacial score (nSPS) is 13.0. The minimum atomic E-state index is -1.10. The summed E-state index contributed by atoms with van der Waals surface area (Å²) in [6.07, 6.45) is -0.975. The summed E-state index contributed by atoms with van der Waals surface area (Å²) >= 11 is 6.70. The Labute approximate surface area is 276 Å². The maximum absolute atomic E-state index is 12.6. The largest absolute Gasteiger partial charge is 0.480 e. The van der Waals surface area contributed by atoms with Crippen LogP contribution >= 0.6 is 31.9 Å². The molecule has 2 unspecified atom stereocenters. The van der Waals surface area contributed by atoms with Crippen LogP contribution in [-0.4, -0.2) is 68.1 Å². The standard InChI is InChI=1S/C18H26BrNO4.C14H18BrNO4/c1-17(2,3)20(16(23)24-18(4,5)6)14(15(21)22)11-12-8-7-9-13(19)10-12;1-14(2,3)20-13(19)16-11(12(17)18)8-9-5-4-6-10(15)7-9/h7-10,14H,11H2,1-6H3,(H,21,22);4-7,11H,8H2,1-3H3,(H,16,19)(H,17,18). The first-order chi connectivity index (χ1) is 20.0. The minimum absolute atomic E-state index is 0.189. The number of carboxylic acid groups (broad SMARTS) is 2. The Morgan fingerprint density at radius 1 is 0.750 bits per heavy atom. The third kappa shape index (κ3) is 15.1. The smallest absolute Gasteiger partial charge is 0.411 e. The van der Waals surface area contributed by atoms with Crippen LogP contribution in [-0.2, 0) is 31.9 Å². The van der Waals surface area contributed by atoms with E-state index in [1.54, 1.807) is 68.4 Å². The van der Waals surface area contributed by atoms with Gasteiger partial charge < -0.3 is 25.0 Å². The van der Waals surface area contributed by atoms with E-state index in [-0.39, 0.29) is 12.8 Å². The summed E-state index contributed by atoms with van der Waals surface area (Å²) in [5.74, 6) is -2.16. The highest BCUT2D eigenvalue weighted by atomic mass is 79.9. The Morgan fingerprint density at radius 3 is 1.57 bits per heavy atom. The van der Waals surface area contributed by atoms with Crippen LogP contribution in [0.25, 0.3) is 0 Å². The minimum Gasteiger partial charge on any atom is -0.480 e. The Hall–Kier alpha value is -3.12. The number of hydrogen-bond acceptors (Lipinski definition) is 6. The topological polar surface area (TPSA) is 142 Å². The third-order valence-electron chi connectivity index (χ3n) is 5.55. The monoisotopic (exact) mass is 742 g/mol. The van der Waals surface area contributed by atoms with Crippen molar-refractivity contribution >= 4 is 56.0 Å². The highest BCUT2D eigenvalue weighted by molar-refractivity contribution is 9.10. The molecule has 44 heavy (non-hydrogen) atoms. The van der Waals surface area contributed by atoms with Crippen molar-refractivity contribution in [3.8, 4) is 0 Å². The van der Waals surface area contributed by atoms with Gasteiger partial charge in [-0.3, -0.25) is 4.90 Å². The molecular formula is C32H44Br2N2O8. The summed E-state index contributed by atoms with van der Waals surface area (Å²) in [5, 5.41) is 21.3. The van der Waals surface area contributed by atoms with Crippen molar-refractivity contribution in [2.75, 3.05) is 0 Å². The number of ether oxygens (including phenoxy) is 2. The van der Waals surface area contributed by atoms with Gasteiger partial charge in [-0.05, 0) is 97.7 Å². The molecule has 0 spiro atoms. The van der Waals surface area contributed by atoms with E-state index in [4.69, 9.17) is 14.6 Å². The first kappa shape index (κ1) is 38.9. The summed E-state index contributed by atoms with van der Waals surface area (Å²) in [6, 6.07) is 12.6. The maximum Gasteiger partial charge on any atom is 0.411 e. The van der Waals surface area contributed by atoms with E-state index in [9.17, 15) is 24.3 Å². The molecule has 2 aromatic carbocycles. The van der Waals surface area contributed by atoms with Crippen LogP contribution in [0.1, 0.15) is 73.4 Å². The lowest BCUT2D eigenvalue weighted by Gasteiger charge is -2.40. The van der Waals surface area contributed by atoms with E-state index < -0.39 is 52.9 Å². The molecule has 12 heteroatoms. The molecule has 0 aliphatic rings. The average molecular weight is 745 g/mol. The van der Waals surface area contributed by atoms with Crippen LogP contribution in [0.5, 0.6) is 0 Å². The second kappa shape index (κ2) is 16.3. The van der Waals surface area contributed by atoms with E-state index in [0.29, 0.717) is 0 Å². The number of amides is 2. The first-order valence-electron chi connectivity index (χ1n) is 13.9. The number of nitrogens with zero attached hydrogens (tertiary/aromatic N) is 1. The van der Waals surface area contributed by atoms with Crippen LogP contribution < -0.4 is 5.32 Å². The zero-order valence-electron chi connectivity index (χ0n) is 26.7. The van der Waals surface area contributed by atoms with Gasteiger partial charge >= 0.3 is 24.1 Å². The van der Waals surface area contributed by atoms with Crippen LogP contribution in [0.15, 0.2) is 57.5 Å². The summed E-state index contributed by atoms with van der Waals surface area (Å²) in [6.45, 7) is 15.8. The molecule has 0 saturated carbocycles. The molecule has 2 atom stereocenters. The fourth-order valence-electron chi connectivity index (χ4n) is 3.91. The zero-order valence-corrected chi connectivity index (χ0v) is 29.9. The lowest BCUT2D eigenvalue weighted by atomic mass is 9.98. The van der Waals surface area contributed by atoms with Gasteiger partial charge in [0.25, 0.3) is 0 Å². The number of hydrogen-bond donors (Lipinski definition) is 3. The fourth-order valence-corrected chi connectivity index (χ4v) is 4.80. The molecule has 0 aliphatic heterocycles. The number of rotatable bonds is 8. The van der Waals surface area contributed by atoms with Gasteiger partial charge in [-0.2, -0.15) is 0 Å². The van der Waals surface area contributed by atoms with Gasteiger partial charge in [0.2, 0.25) is 0 Å². The molecule has 0 saturated heterocycles. The van der Waals surface area contributed by atoms with Crippen molar-refractivity contribution in [2.45, 2.75) is 104 Å². The molecule has 2 rings (SSSR count). The number of aliphatic carboxylic acids is 2. The molecule has 0 aliphatic carbocycles. The number of alkyl carbamates (subject to hydrolysis) is 1. The molecule has 2 aromatic rings. The van der Waals surface area contributed by atoms with Gasteiger partial charge in [-0.25, -0.2) is 19.2 Å². The summed E-state index contributed by atoms with van der Waals surface area (Å²) in [7, 11) is 0. The van der Waals surface area contributed by atoms with Gasteiger partial charge in [-0.15, -0.1) is 0 Å². The van der Waals surface area contributed by atoms with Crippen molar-refractivity contribution in [3.63, 3.8) is 0 Å². The molecule has 0 fully saturated rings. The van der Waals surface area contributed by atoms with Crippen LogP contribution in [0.3, 0.4) is 0 Å². The van der Waals surface area contributed by atoms with Gasteiger partial charge in [0.15, 0.2) is 0 Å². The van der Waals surface area contributed by atoms with Gasteiger partial charge in [-0.1, -0.05) is 56.1 Å². The van der Waals surface area contributed by atoms with Crippen LogP contribution in [0, 0.1) is 0 Å². The first-order valence-corrected chi connectivity index (χ1v) is 15.5. The van der Waals surface area contributed by atoms with Crippen molar-refractivity contribution in [1.82, 2.24) is 10.2 Å². The zero-order chi connectivity index (χ0) is 34.0. The average Bonchev–Trinajstić information content (AvgIpc) is 2.80. The summed E-state index contributed by atoms with van der Waals surface area (Å²) < 4.78 is 12.2. The molecule has 0 aromatic heterocycles. The van der Waals surface area contributed by atoms with Crippen molar-refractivity contribution < 1.29 is 38.9 Å². The van der Waals surface area contributed by atoms with Crippen molar-refractivity contribution in [1.29, 1.82) is 0 Å². The van der Waals surface area contributed by atoms with Gasteiger partial charge in [0.1, 0.15) is 23.3 Å². The van der Waals surface area contributed by atoms with Gasteiger partial charge in [0, 0.05) is 27.3 Å². The van der Waals surface area contributed by atoms with E-state index >= 15 is 0 Å². The number of carbonyl (C=O) groups excluding carboxylic acids is 2. The number of carboxylic acids is 2. The molecule has 10 nitrogen and oxygen atoms in total. The third-order valence-corrected chi connectivity index (χ3v) is 6.53. The predicted octanol–water partition coefficient (Wildman–Crippen LogP) is 7.45. The molecule has 0 heterocycles. The lowest BCUT2D eigenvalue weighted by Crippen LogP contribution is -2.56. The number of benzene rings is 2. The quantitative estimate of drug-likeness (QED) is 0.253. The SMILES string of the molecule is CC(C)(C)OC(=O)N(C(Cc1cccc(Br)c1)C(=O)O)C(C)(C)C.CC(C)(C)OC(=O)NC(Cc1cccc(Br)c1)C(=O)O. The van der Waals surface area contributed by atoms with E-state index in [1.165, 1.54) is 4.90 Å². The van der Waals surface area contributed by atoms with Crippen LogP contribution in [0.4, 0.5) is 9.59 Å². The molecular weight excluding hydrogens is 700 g/mol. The Morgan fingerprint density at radius 2 is 1.20 bits per heavy atom. The second-order valence-electron chi connectivity index (χ2n) is 13.1. The molecule has 2 amide bonds. The lowest BCUT2D eigenvalue weighted by molar-refractivity contribution is -0.145. The Balaban J connectivity index is 0.000000447. The highest BCUT2D eigenvalue weighted by Crippen LogP contribution is 2.25. The highest BCUT2D eigenvalue weighted by Gasteiger charge is 2.40. The fraction of sp³-hybridized carbons (Fsp3) is 0.500. The van der Waals surface area contributed by atoms with Crippen molar-refractivity contribution in [3.05, 3.63) is 68.6 Å². The summed E-state index contributed by atoms with van der Waals surface area (Å²) in [5.41, 5.74) is -0.419.